The number of hydrogen-bond acceptors (Lipinski definition) is 5. The lowest BCUT2D eigenvalue weighted by Gasteiger charge is -2.05. The van der Waals surface area contributed by atoms with Gasteiger partial charge in [-0.15, -0.1) is 0 Å². The molecule has 0 aromatic carbocycles. The van der Waals surface area contributed by atoms with E-state index in [1.165, 1.54) is 0 Å². The molecular weight excluding hydrogens is 178 g/mol. The van der Waals surface area contributed by atoms with Gasteiger partial charge in [-0.1, -0.05) is 0 Å². The summed E-state index contributed by atoms with van der Waals surface area (Å²) in [6.07, 6.45) is 1.77. The number of guanidine groups is 1. The van der Waals surface area contributed by atoms with Crippen LogP contribution in [-0.2, 0) is 6.54 Å². The van der Waals surface area contributed by atoms with Crippen molar-refractivity contribution in [1.82, 2.24) is 20.6 Å². The number of aryl methyl sites for hydroxylation is 1. The maximum absolute atomic E-state index is 4.28. The highest BCUT2D eigenvalue weighted by Gasteiger charge is 2.03. The molecule has 5 heteroatoms. The minimum Gasteiger partial charge on any atom is -0.355 e. The SMILES string of the molecule is Cc1nccc(CNC2=NCCN2)n1. The van der Waals surface area contributed by atoms with E-state index in [4.69, 9.17) is 0 Å². The number of aromatic nitrogens is 2. The predicted molar refractivity (Wildman–Crippen MR) is 53.9 cm³/mol. The second-order valence-corrected chi connectivity index (χ2v) is 3.11. The minimum absolute atomic E-state index is 0.690. The van der Waals surface area contributed by atoms with E-state index in [1.807, 2.05) is 13.0 Å². The van der Waals surface area contributed by atoms with Gasteiger partial charge in [-0.3, -0.25) is 4.99 Å². The Morgan fingerprint density at radius 3 is 3.21 bits per heavy atom. The molecular formula is C9H13N5. The van der Waals surface area contributed by atoms with Crippen LogP contribution in [0, 0.1) is 6.92 Å². The molecule has 1 aliphatic rings. The van der Waals surface area contributed by atoms with Crippen LogP contribution in [-0.4, -0.2) is 29.0 Å². The van der Waals surface area contributed by atoms with Crippen molar-refractivity contribution in [3.8, 4) is 0 Å². The first-order valence-electron chi connectivity index (χ1n) is 4.65. The molecule has 2 N–H and O–H groups in total. The minimum atomic E-state index is 0.690. The van der Waals surface area contributed by atoms with Gasteiger partial charge >= 0.3 is 0 Å². The number of nitrogens with one attached hydrogen (secondary N) is 2. The largest absolute Gasteiger partial charge is 0.355 e. The molecule has 0 radical (unpaired) electrons. The van der Waals surface area contributed by atoms with Gasteiger partial charge in [0.15, 0.2) is 5.96 Å². The maximum Gasteiger partial charge on any atom is 0.191 e. The molecule has 0 saturated carbocycles. The molecule has 1 aromatic rings. The summed E-state index contributed by atoms with van der Waals surface area (Å²) >= 11 is 0. The van der Waals surface area contributed by atoms with Crippen LogP contribution in [0.1, 0.15) is 11.5 Å². The summed E-state index contributed by atoms with van der Waals surface area (Å²) < 4.78 is 0. The lowest BCUT2D eigenvalue weighted by molar-refractivity contribution is 0.823. The van der Waals surface area contributed by atoms with Crippen molar-refractivity contribution in [2.75, 3.05) is 13.1 Å². The molecule has 1 aromatic heterocycles. The van der Waals surface area contributed by atoms with E-state index in [0.29, 0.717) is 6.54 Å². The van der Waals surface area contributed by atoms with Crippen LogP contribution in [0.25, 0.3) is 0 Å². The van der Waals surface area contributed by atoms with E-state index in [2.05, 4.69) is 25.6 Å². The zero-order valence-electron chi connectivity index (χ0n) is 8.12. The van der Waals surface area contributed by atoms with Crippen molar-refractivity contribution in [3.63, 3.8) is 0 Å². The molecule has 0 atom stereocenters. The standard InChI is InChI=1S/C9H13N5/c1-7-10-3-2-8(14-7)6-13-9-11-4-5-12-9/h2-3H,4-6H2,1H3,(H2,11,12,13). The van der Waals surface area contributed by atoms with Gasteiger partial charge in [0.05, 0.1) is 18.8 Å². The summed E-state index contributed by atoms with van der Waals surface area (Å²) in [6, 6.07) is 1.90. The summed E-state index contributed by atoms with van der Waals surface area (Å²) in [7, 11) is 0. The van der Waals surface area contributed by atoms with Crippen molar-refractivity contribution in [2.24, 2.45) is 4.99 Å². The summed E-state index contributed by atoms with van der Waals surface area (Å²) in [6.45, 7) is 4.35. The van der Waals surface area contributed by atoms with E-state index >= 15 is 0 Å². The number of hydrogen-bond donors (Lipinski definition) is 2. The molecule has 0 spiro atoms. The number of aliphatic imine (C=N–C) groups is 1. The lowest BCUT2D eigenvalue weighted by atomic mass is 10.4. The Morgan fingerprint density at radius 2 is 2.50 bits per heavy atom. The second kappa shape index (κ2) is 4.04. The van der Waals surface area contributed by atoms with Crippen LogP contribution in [0.15, 0.2) is 17.3 Å². The smallest absolute Gasteiger partial charge is 0.191 e. The zero-order chi connectivity index (χ0) is 9.80. The Hall–Kier alpha value is -1.65. The van der Waals surface area contributed by atoms with Crippen LogP contribution >= 0.6 is 0 Å². The van der Waals surface area contributed by atoms with Crippen LogP contribution in [0.5, 0.6) is 0 Å². The predicted octanol–water partition coefficient (Wildman–Crippen LogP) is -0.166. The zero-order valence-corrected chi connectivity index (χ0v) is 8.12. The Morgan fingerprint density at radius 1 is 1.57 bits per heavy atom. The number of nitrogens with zero attached hydrogens (tertiary/aromatic N) is 3. The van der Waals surface area contributed by atoms with E-state index < -0.39 is 0 Å². The van der Waals surface area contributed by atoms with Gasteiger partial charge in [0.1, 0.15) is 5.82 Å². The third-order valence-electron chi connectivity index (χ3n) is 1.94. The molecule has 0 bridgehead atoms. The van der Waals surface area contributed by atoms with Crippen LogP contribution in [0.3, 0.4) is 0 Å². The van der Waals surface area contributed by atoms with Gasteiger partial charge in [-0.25, -0.2) is 9.97 Å². The molecule has 5 nitrogen and oxygen atoms in total. The van der Waals surface area contributed by atoms with Gasteiger partial charge in [-0.05, 0) is 13.0 Å². The highest BCUT2D eigenvalue weighted by Crippen LogP contribution is 1.94. The van der Waals surface area contributed by atoms with Crippen molar-refractivity contribution >= 4 is 5.96 Å². The second-order valence-electron chi connectivity index (χ2n) is 3.11. The molecule has 2 heterocycles. The lowest BCUT2D eigenvalue weighted by Crippen LogP contribution is -2.33. The molecule has 14 heavy (non-hydrogen) atoms. The highest BCUT2D eigenvalue weighted by atomic mass is 15.2. The van der Waals surface area contributed by atoms with E-state index in [9.17, 15) is 0 Å². The molecule has 2 rings (SSSR count). The fourth-order valence-electron chi connectivity index (χ4n) is 1.29. The van der Waals surface area contributed by atoms with Gasteiger partial charge < -0.3 is 10.6 Å². The summed E-state index contributed by atoms with van der Waals surface area (Å²) in [5, 5.41) is 6.31. The molecule has 0 unspecified atom stereocenters. The Kier molecular flexibility index (Phi) is 2.58. The van der Waals surface area contributed by atoms with Crippen LogP contribution in [0.4, 0.5) is 0 Å². The number of rotatable bonds is 2. The normalized spacial score (nSPS) is 14.8. The summed E-state index contributed by atoms with van der Waals surface area (Å²) in [5.74, 6) is 1.66. The average Bonchev–Trinajstić information content (AvgIpc) is 2.67. The van der Waals surface area contributed by atoms with Crippen molar-refractivity contribution < 1.29 is 0 Å². The molecule has 0 aliphatic carbocycles. The van der Waals surface area contributed by atoms with Crippen molar-refractivity contribution in [2.45, 2.75) is 13.5 Å². The summed E-state index contributed by atoms with van der Waals surface area (Å²) in [5.41, 5.74) is 0.980. The van der Waals surface area contributed by atoms with Gasteiger partial charge in [0.25, 0.3) is 0 Å². The van der Waals surface area contributed by atoms with Crippen LogP contribution in [0.2, 0.25) is 0 Å². The topological polar surface area (TPSA) is 62.2 Å². The van der Waals surface area contributed by atoms with Crippen molar-refractivity contribution in [3.05, 3.63) is 23.8 Å². The average molecular weight is 191 g/mol. The van der Waals surface area contributed by atoms with Crippen LogP contribution < -0.4 is 10.6 Å². The Bertz CT molecular complexity index is 347. The maximum atomic E-state index is 4.28. The van der Waals surface area contributed by atoms with Gasteiger partial charge in [0, 0.05) is 12.7 Å². The quantitative estimate of drug-likeness (QED) is 0.681. The monoisotopic (exact) mass is 191 g/mol. The first kappa shape index (κ1) is 8.93. The van der Waals surface area contributed by atoms with E-state index in [-0.39, 0.29) is 0 Å². The fourth-order valence-corrected chi connectivity index (χ4v) is 1.29. The molecule has 1 aliphatic heterocycles. The third-order valence-corrected chi connectivity index (χ3v) is 1.94. The van der Waals surface area contributed by atoms with Gasteiger partial charge in [-0.2, -0.15) is 0 Å². The van der Waals surface area contributed by atoms with Crippen molar-refractivity contribution in [1.29, 1.82) is 0 Å². The summed E-state index contributed by atoms with van der Waals surface area (Å²) in [4.78, 5) is 12.5. The molecule has 0 fully saturated rings. The first-order chi connectivity index (χ1) is 6.84. The van der Waals surface area contributed by atoms with E-state index in [1.54, 1.807) is 6.20 Å². The Labute approximate surface area is 82.7 Å². The fraction of sp³-hybridized carbons (Fsp3) is 0.444. The Balaban J connectivity index is 1.91. The van der Waals surface area contributed by atoms with E-state index in [0.717, 1.165) is 30.6 Å². The van der Waals surface area contributed by atoms with Gasteiger partial charge in [0.2, 0.25) is 0 Å². The molecule has 74 valence electrons. The molecule has 0 saturated heterocycles. The third kappa shape index (κ3) is 2.18. The molecule has 0 amide bonds. The first-order valence-corrected chi connectivity index (χ1v) is 4.65. The highest BCUT2D eigenvalue weighted by molar-refractivity contribution is 5.81.